The molecule has 6 nitrogen and oxygen atoms in total. The minimum absolute atomic E-state index is 0.0283. The van der Waals surface area contributed by atoms with E-state index in [1.807, 2.05) is 11.9 Å². The number of rotatable bonds is 7. The van der Waals surface area contributed by atoms with Crippen molar-refractivity contribution in [3.05, 3.63) is 33.9 Å². The second-order valence-electron chi connectivity index (χ2n) is 4.90. The number of nitrogens with one attached hydrogen (secondary N) is 1. The lowest BCUT2D eigenvalue weighted by Gasteiger charge is -2.16. The Balaban J connectivity index is 2.60. The highest BCUT2D eigenvalue weighted by Gasteiger charge is 2.11. The minimum Gasteiger partial charge on any atom is -0.325 e. The molecule has 0 saturated heterocycles. The molecule has 110 valence electrons. The molecule has 1 amide bonds. The maximum absolute atomic E-state index is 11.9. The van der Waals surface area contributed by atoms with Crippen LogP contribution >= 0.6 is 0 Å². The van der Waals surface area contributed by atoms with Crippen LogP contribution in [-0.4, -0.2) is 35.9 Å². The Kier molecular flexibility index (Phi) is 6.11. The van der Waals surface area contributed by atoms with E-state index in [9.17, 15) is 14.9 Å². The van der Waals surface area contributed by atoms with Crippen LogP contribution in [0, 0.1) is 17.0 Å². The number of hydrogen-bond donors (Lipinski definition) is 1. The maximum atomic E-state index is 11.9. The zero-order chi connectivity index (χ0) is 15.1. The SMILES string of the molecule is CCCCN(C)CC(=O)Nc1ccc([N+](=O)[O-])cc1C. The van der Waals surface area contributed by atoms with Crippen molar-refractivity contribution in [1.82, 2.24) is 4.90 Å². The van der Waals surface area contributed by atoms with Crippen LogP contribution in [0.1, 0.15) is 25.3 Å². The third kappa shape index (κ3) is 4.97. The smallest absolute Gasteiger partial charge is 0.269 e. The van der Waals surface area contributed by atoms with Crippen molar-refractivity contribution in [1.29, 1.82) is 0 Å². The lowest BCUT2D eigenvalue weighted by molar-refractivity contribution is -0.384. The van der Waals surface area contributed by atoms with Crippen LogP contribution in [0.2, 0.25) is 0 Å². The van der Waals surface area contributed by atoms with Gasteiger partial charge in [-0.05, 0) is 38.6 Å². The molecule has 0 aliphatic rings. The molecule has 0 unspecified atom stereocenters. The molecule has 0 heterocycles. The monoisotopic (exact) mass is 279 g/mol. The van der Waals surface area contributed by atoms with Crippen LogP contribution in [0.4, 0.5) is 11.4 Å². The number of carbonyl (C=O) groups excluding carboxylic acids is 1. The summed E-state index contributed by atoms with van der Waals surface area (Å²) in [6.07, 6.45) is 2.15. The molecule has 0 spiro atoms. The standard InChI is InChI=1S/C14H21N3O3/c1-4-5-8-16(3)10-14(18)15-13-7-6-12(17(19)20)9-11(13)2/h6-7,9H,4-5,8,10H2,1-3H3,(H,15,18). The molecule has 0 bridgehead atoms. The van der Waals surface area contributed by atoms with Crippen molar-refractivity contribution >= 4 is 17.3 Å². The van der Waals surface area contributed by atoms with Crippen LogP contribution in [-0.2, 0) is 4.79 Å². The predicted molar refractivity (Wildman–Crippen MR) is 78.9 cm³/mol. The number of amides is 1. The Morgan fingerprint density at radius 3 is 2.70 bits per heavy atom. The maximum Gasteiger partial charge on any atom is 0.269 e. The first-order chi connectivity index (χ1) is 9.43. The van der Waals surface area contributed by atoms with E-state index in [0.29, 0.717) is 17.8 Å². The molecule has 0 saturated carbocycles. The van der Waals surface area contributed by atoms with Crippen LogP contribution in [0.5, 0.6) is 0 Å². The van der Waals surface area contributed by atoms with Gasteiger partial charge in [-0.15, -0.1) is 0 Å². The Morgan fingerprint density at radius 1 is 1.45 bits per heavy atom. The molecule has 0 atom stereocenters. The fourth-order valence-corrected chi connectivity index (χ4v) is 1.84. The summed E-state index contributed by atoms with van der Waals surface area (Å²) in [7, 11) is 1.90. The van der Waals surface area contributed by atoms with Crippen molar-refractivity contribution < 1.29 is 9.72 Å². The largest absolute Gasteiger partial charge is 0.325 e. The van der Waals surface area contributed by atoms with Crippen molar-refractivity contribution in [2.75, 3.05) is 25.5 Å². The quantitative estimate of drug-likeness (QED) is 0.615. The van der Waals surface area contributed by atoms with E-state index in [1.54, 1.807) is 13.0 Å². The van der Waals surface area contributed by atoms with Gasteiger partial charge in [0.2, 0.25) is 5.91 Å². The molecule has 0 radical (unpaired) electrons. The number of benzene rings is 1. The number of carbonyl (C=O) groups is 1. The van der Waals surface area contributed by atoms with Gasteiger partial charge in [0.05, 0.1) is 11.5 Å². The summed E-state index contributed by atoms with van der Waals surface area (Å²) >= 11 is 0. The first-order valence-corrected chi connectivity index (χ1v) is 6.67. The summed E-state index contributed by atoms with van der Waals surface area (Å²) in [6, 6.07) is 4.41. The Hall–Kier alpha value is -1.95. The second kappa shape index (κ2) is 7.59. The van der Waals surface area contributed by atoms with Gasteiger partial charge in [-0.1, -0.05) is 13.3 Å². The van der Waals surface area contributed by atoms with Gasteiger partial charge in [0.25, 0.3) is 5.69 Å². The van der Waals surface area contributed by atoms with Gasteiger partial charge in [-0.3, -0.25) is 19.8 Å². The Labute approximate surface area is 118 Å². The number of unbranched alkanes of at least 4 members (excludes halogenated alkanes) is 1. The van der Waals surface area contributed by atoms with Crippen molar-refractivity contribution in [2.24, 2.45) is 0 Å². The summed E-state index contributed by atoms with van der Waals surface area (Å²) in [5.74, 6) is -0.111. The number of hydrogen-bond acceptors (Lipinski definition) is 4. The summed E-state index contributed by atoms with van der Waals surface area (Å²) in [5, 5.41) is 13.4. The van der Waals surface area contributed by atoms with Gasteiger partial charge in [-0.25, -0.2) is 0 Å². The molecule has 1 rings (SSSR count). The molecule has 0 aliphatic carbocycles. The summed E-state index contributed by atoms with van der Waals surface area (Å²) < 4.78 is 0. The number of likely N-dealkylation sites (N-methyl/N-ethyl adjacent to an activating group) is 1. The molecular formula is C14H21N3O3. The number of aryl methyl sites for hydroxylation is 1. The summed E-state index contributed by atoms with van der Waals surface area (Å²) in [4.78, 5) is 24.0. The molecule has 0 aromatic heterocycles. The van der Waals surface area contributed by atoms with E-state index in [-0.39, 0.29) is 11.6 Å². The number of nitrogens with zero attached hydrogens (tertiary/aromatic N) is 2. The lowest BCUT2D eigenvalue weighted by atomic mass is 10.2. The fourth-order valence-electron chi connectivity index (χ4n) is 1.84. The van der Waals surface area contributed by atoms with Gasteiger partial charge in [0.15, 0.2) is 0 Å². The fraction of sp³-hybridized carbons (Fsp3) is 0.500. The molecule has 0 aliphatic heterocycles. The number of nitro benzene ring substituents is 1. The summed E-state index contributed by atoms with van der Waals surface area (Å²) in [6.45, 7) is 5.04. The molecule has 0 fully saturated rings. The normalized spacial score (nSPS) is 10.6. The number of anilines is 1. The van der Waals surface area contributed by atoms with Gasteiger partial charge >= 0.3 is 0 Å². The predicted octanol–water partition coefficient (Wildman–Crippen LogP) is 2.57. The zero-order valence-electron chi connectivity index (χ0n) is 12.2. The Morgan fingerprint density at radius 2 is 2.15 bits per heavy atom. The average molecular weight is 279 g/mol. The number of nitro groups is 1. The third-order valence-electron chi connectivity index (χ3n) is 3.00. The van der Waals surface area contributed by atoms with Crippen LogP contribution < -0.4 is 5.32 Å². The second-order valence-corrected chi connectivity index (χ2v) is 4.90. The Bertz CT molecular complexity index is 489. The average Bonchev–Trinajstić information content (AvgIpc) is 2.38. The van der Waals surface area contributed by atoms with E-state index in [4.69, 9.17) is 0 Å². The van der Waals surface area contributed by atoms with Gasteiger partial charge in [0.1, 0.15) is 0 Å². The van der Waals surface area contributed by atoms with Crippen molar-refractivity contribution in [3.63, 3.8) is 0 Å². The highest BCUT2D eigenvalue weighted by Crippen LogP contribution is 2.21. The topological polar surface area (TPSA) is 75.5 Å². The molecule has 6 heteroatoms. The van der Waals surface area contributed by atoms with E-state index in [2.05, 4.69) is 12.2 Å². The molecule has 1 N–H and O–H groups in total. The zero-order valence-corrected chi connectivity index (χ0v) is 12.2. The van der Waals surface area contributed by atoms with Gasteiger partial charge < -0.3 is 5.32 Å². The van der Waals surface area contributed by atoms with Crippen LogP contribution in [0.25, 0.3) is 0 Å². The first kappa shape index (κ1) is 16.1. The van der Waals surface area contributed by atoms with Crippen LogP contribution in [0.3, 0.4) is 0 Å². The van der Waals surface area contributed by atoms with Gasteiger partial charge in [-0.2, -0.15) is 0 Å². The third-order valence-corrected chi connectivity index (χ3v) is 3.00. The van der Waals surface area contributed by atoms with E-state index >= 15 is 0 Å². The molecule has 1 aromatic rings. The molecule has 1 aromatic carbocycles. The minimum atomic E-state index is -0.447. The van der Waals surface area contributed by atoms with E-state index < -0.39 is 4.92 Å². The van der Waals surface area contributed by atoms with E-state index in [1.165, 1.54) is 12.1 Å². The molecule has 20 heavy (non-hydrogen) atoms. The van der Waals surface area contributed by atoms with E-state index in [0.717, 1.165) is 19.4 Å². The first-order valence-electron chi connectivity index (χ1n) is 6.67. The highest BCUT2D eigenvalue weighted by atomic mass is 16.6. The summed E-state index contributed by atoms with van der Waals surface area (Å²) in [5.41, 5.74) is 1.33. The van der Waals surface area contributed by atoms with Crippen LogP contribution in [0.15, 0.2) is 18.2 Å². The molecular weight excluding hydrogens is 258 g/mol. The lowest BCUT2D eigenvalue weighted by Crippen LogP contribution is -2.31. The number of non-ortho nitro benzene ring substituents is 1. The van der Waals surface area contributed by atoms with Crippen molar-refractivity contribution in [2.45, 2.75) is 26.7 Å². The van der Waals surface area contributed by atoms with Gasteiger partial charge in [0, 0.05) is 17.8 Å². The van der Waals surface area contributed by atoms with Crippen molar-refractivity contribution in [3.8, 4) is 0 Å². The highest BCUT2D eigenvalue weighted by molar-refractivity contribution is 5.93.